The van der Waals surface area contributed by atoms with Gasteiger partial charge in [-0.3, -0.25) is 4.90 Å². The standard InChI is InChI=1S/C33H40N6O6S2.C2H6O.HI.Pb/c34-33(35)36-12-3-6-27(32(42)43)37-31(41)30-26(11-17-46-30)38-47(44)28-19-24(18-22-10-16-45-29(22)28)25-5-2-1-4-23(25)20-39-13-7-21(8-14-39)9-15-40;1-3-2;;/h1-2,4-5,11,15,17-19,21,27H,3,6-10,12-14,16,20H2,(H7,34,35,36,37,38,41,42,43);1-2H3;1H;/q;;;+2/p-2/t27-,47?;;;/m0.../s1. The van der Waals surface area contributed by atoms with E-state index in [1.54, 1.807) is 25.7 Å². The number of fused-ring (bicyclic) bond motifs is 1. The van der Waals surface area contributed by atoms with E-state index >= 15 is 0 Å². The Hall–Kier alpha value is -2.66. The number of nitrogens with two attached hydrogens (primary N) is 1. The zero-order chi connectivity index (χ0) is 37.5. The maximum atomic E-state index is 14.0. The van der Waals surface area contributed by atoms with Gasteiger partial charge in [0.2, 0.25) is 0 Å². The third kappa shape index (κ3) is 12.2. The van der Waals surface area contributed by atoms with Gasteiger partial charge < -0.3 is 14.3 Å². The van der Waals surface area contributed by atoms with Gasteiger partial charge in [0.25, 0.3) is 0 Å². The van der Waals surface area contributed by atoms with Crippen LogP contribution in [0.2, 0.25) is 0 Å². The van der Waals surface area contributed by atoms with Gasteiger partial charge in [0.05, 0.1) is 6.61 Å². The predicted molar refractivity (Wildman–Crippen MR) is 215 cm³/mol. The summed E-state index contributed by atoms with van der Waals surface area (Å²) in [7, 11) is 1.46. The molecule has 1 unspecified atom stereocenters. The first-order valence-electron chi connectivity index (χ1n) is 16.8. The third-order valence-electron chi connectivity index (χ3n) is 8.59. The molecule has 52 heavy (non-hydrogen) atoms. The number of methoxy groups -OCH3 is 1. The van der Waals surface area contributed by atoms with E-state index in [0.717, 1.165) is 66.8 Å². The Balaban J connectivity index is 0.00000195. The van der Waals surface area contributed by atoms with Gasteiger partial charge in [-0.05, 0) is 66.2 Å². The molecule has 3 heterocycles. The number of piperidine rings is 1. The van der Waals surface area contributed by atoms with Crippen LogP contribution >= 0.6 is 29.1 Å². The summed E-state index contributed by atoms with van der Waals surface area (Å²) >= 11 is 2.46. The van der Waals surface area contributed by atoms with Crippen LogP contribution in [0.4, 0.5) is 5.69 Å². The first kappa shape index (κ1) is 42.1. The van der Waals surface area contributed by atoms with E-state index in [1.807, 2.05) is 18.2 Å². The number of amides is 1. The van der Waals surface area contributed by atoms with Crippen LogP contribution in [0.5, 0.6) is 5.75 Å². The fraction of sp³-hybridized carbons (Fsp3) is 0.429. The summed E-state index contributed by atoms with van der Waals surface area (Å²) in [6.45, 7) is 3.49. The Labute approximate surface area is 332 Å². The second-order valence-corrected chi connectivity index (χ2v) is 20.8. The number of ether oxygens (including phenoxy) is 2. The summed E-state index contributed by atoms with van der Waals surface area (Å²) in [5.74, 6) is -0.307. The van der Waals surface area contributed by atoms with Gasteiger partial charge in [-0.25, -0.2) is 4.21 Å². The molecule has 2 radical (unpaired) electrons. The van der Waals surface area contributed by atoms with Gasteiger partial charge in [-0.1, -0.05) is 24.3 Å². The number of rotatable bonds is 16. The number of carboxylic acids is 1. The molecule has 1 fully saturated rings. The number of benzene rings is 2. The fourth-order valence-corrected chi connectivity index (χ4v) is 11.0. The summed E-state index contributed by atoms with van der Waals surface area (Å²) < 4.78 is 30.2. The number of carboxylic acid groups (broad SMARTS) is 1. The molecule has 0 saturated carbocycles. The van der Waals surface area contributed by atoms with Crippen molar-refractivity contribution in [1.29, 1.82) is 0 Å². The van der Waals surface area contributed by atoms with Gasteiger partial charge in [0.1, 0.15) is 16.9 Å². The molecule has 0 spiro atoms. The SMILES string of the molecule is COC.NC(=NCCC[C@H](NC(=O)c1sccc1NS(=O)c1cc(-c2ccccc2CN2CCC(CC=O)CC2)cc2c1OCC2)C(=O)O)[NH][Pb][I]. The number of aldehydes is 1. The number of aliphatic carboxylic acids is 1. The Morgan fingerprint density at radius 1 is 1.25 bits per heavy atom. The molecule has 2 aliphatic rings. The molecule has 2 aromatic carbocycles. The monoisotopic (exact) mass is 1060 g/mol. The minimum atomic E-state index is -1.79. The maximum absolute atomic E-state index is 14.0. The molecule has 2 aliphatic heterocycles. The predicted octanol–water partition coefficient (Wildman–Crippen LogP) is 4.39. The van der Waals surface area contributed by atoms with E-state index in [-0.39, 0.29) is 11.3 Å². The van der Waals surface area contributed by atoms with Crippen LogP contribution < -0.4 is 23.6 Å². The van der Waals surface area contributed by atoms with Crippen molar-refractivity contribution in [3.63, 3.8) is 0 Å². The third-order valence-corrected chi connectivity index (χ3v) is 14.3. The van der Waals surface area contributed by atoms with Crippen molar-refractivity contribution in [2.24, 2.45) is 16.6 Å². The van der Waals surface area contributed by atoms with Gasteiger partial charge >= 0.3 is 153 Å². The normalized spacial score (nSPS) is 15.7. The second-order valence-electron chi connectivity index (χ2n) is 12.3. The van der Waals surface area contributed by atoms with E-state index in [2.05, 4.69) is 63.8 Å². The Morgan fingerprint density at radius 2 is 2.00 bits per heavy atom. The Bertz CT molecular complexity index is 1720. The summed E-state index contributed by atoms with van der Waals surface area (Å²) in [4.78, 5) is 43.5. The van der Waals surface area contributed by atoms with Gasteiger partial charge in [-0.2, -0.15) is 0 Å². The molecule has 5 rings (SSSR count). The van der Waals surface area contributed by atoms with E-state index in [9.17, 15) is 23.7 Å². The first-order valence-corrected chi connectivity index (χ1v) is 31.7. The van der Waals surface area contributed by atoms with Gasteiger partial charge in [0, 0.05) is 33.6 Å². The van der Waals surface area contributed by atoms with Crippen molar-refractivity contribution < 1.29 is 33.2 Å². The average molecular weight is 1060 g/mol. The van der Waals surface area contributed by atoms with Gasteiger partial charge in [0.15, 0.2) is 11.0 Å². The number of thiophene rings is 1. The number of anilines is 1. The molecule has 1 amide bonds. The quantitative estimate of drug-likeness (QED) is 0.0345. The number of carbonyl (C=O) groups excluding carboxylic acids is 2. The van der Waals surface area contributed by atoms with E-state index in [4.69, 9.17) is 10.5 Å². The number of carbonyl (C=O) groups is 3. The van der Waals surface area contributed by atoms with Crippen LogP contribution in [-0.2, 0) is 38.3 Å². The number of likely N-dealkylation sites (tertiary alicyclic amines) is 1. The second kappa shape index (κ2) is 21.9. The topological polar surface area (TPSA) is 185 Å². The molecule has 1 aromatic heterocycles. The fourth-order valence-electron chi connectivity index (χ4n) is 6.05. The number of guanidine groups is 1. The Morgan fingerprint density at radius 3 is 2.71 bits per heavy atom. The van der Waals surface area contributed by atoms with Crippen molar-refractivity contribution in [2.75, 3.05) is 45.2 Å². The van der Waals surface area contributed by atoms with Gasteiger partial charge in [-0.15, -0.1) is 0 Å². The van der Waals surface area contributed by atoms with Crippen molar-refractivity contribution in [2.45, 2.75) is 56.0 Å². The zero-order valence-corrected chi connectivity index (χ0v) is 36.9. The van der Waals surface area contributed by atoms with Crippen LogP contribution in [0, 0.1) is 5.92 Å². The molecule has 280 valence electrons. The summed E-state index contributed by atoms with van der Waals surface area (Å²) in [6, 6.07) is 12.8. The molecule has 1 saturated heterocycles. The van der Waals surface area contributed by atoms with E-state index in [0.29, 0.717) is 60.6 Å². The van der Waals surface area contributed by atoms with E-state index in [1.165, 1.54) is 5.56 Å². The average Bonchev–Trinajstić information content (AvgIpc) is 3.80. The summed E-state index contributed by atoms with van der Waals surface area (Å²) in [5.41, 5.74) is 10.2. The number of hydrogen-bond acceptors (Lipinski definition) is 9. The minimum absolute atomic E-state index is 0.181. The number of hydrogen-bond donors (Lipinski definition) is 5. The van der Waals surface area contributed by atoms with Crippen LogP contribution in [0.1, 0.15) is 52.9 Å². The molecule has 3 aromatic rings. The zero-order valence-electron chi connectivity index (χ0n) is 29.2. The number of aliphatic imine (C=N–C) groups is 1. The van der Waals surface area contributed by atoms with E-state index < -0.39 is 49.1 Å². The summed E-state index contributed by atoms with van der Waals surface area (Å²) in [6.07, 6.45) is 4.97. The Kier molecular flexibility index (Phi) is 17.7. The summed E-state index contributed by atoms with van der Waals surface area (Å²) in [5, 5.41) is 14.1. The molecular formula is C35H45IN6O7PbS2. The molecule has 0 aliphatic carbocycles. The molecule has 2 atom stereocenters. The van der Waals surface area contributed by atoms with Crippen molar-refractivity contribution in [3.8, 4) is 16.9 Å². The van der Waals surface area contributed by atoms with Crippen molar-refractivity contribution >= 4 is 90.1 Å². The molecular weight excluding hydrogens is 1010 g/mol. The van der Waals surface area contributed by atoms with Crippen LogP contribution in [0.3, 0.4) is 0 Å². The molecule has 13 nitrogen and oxygen atoms in total. The van der Waals surface area contributed by atoms with Crippen molar-refractivity contribution in [1.82, 2.24) is 13.3 Å². The first-order chi connectivity index (χ1) is 25.2. The molecule has 0 bridgehead atoms. The number of halogens is 1. The molecule has 6 N–H and O–H groups in total. The number of nitrogens with zero attached hydrogens (tertiary/aromatic N) is 2. The number of nitrogens with one attached hydrogen (secondary N) is 3. The molecule has 17 heteroatoms. The van der Waals surface area contributed by atoms with Crippen LogP contribution in [0.25, 0.3) is 11.1 Å². The van der Waals surface area contributed by atoms with Crippen LogP contribution in [-0.4, -0.2) is 105 Å². The van der Waals surface area contributed by atoms with Crippen molar-refractivity contribution in [3.05, 3.63) is 63.8 Å². The van der Waals surface area contributed by atoms with Crippen LogP contribution in [0.15, 0.2) is 57.7 Å².